The molecule has 0 unspecified atom stereocenters. The molecule has 3 aromatic rings. The third-order valence-corrected chi connectivity index (χ3v) is 7.82. The highest BCUT2D eigenvalue weighted by Crippen LogP contribution is 2.27. The minimum atomic E-state index is -3.46. The van der Waals surface area contributed by atoms with Crippen molar-refractivity contribution in [3.05, 3.63) is 59.0 Å². The van der Waals surface area contributed by atoms with Crippen molar-refractivity contribution in [3.63, 3.8) is 0 Å². The Labute approximate surface area is 181 Å². The van der Waals surface area contributed by atoms with Gasteiger partial charge in [-0.25, -0.2) is 23.4 Å². The van der Waals surface area contributed by atoms with Gasteiger partial charge in [0.15, 0.2) is 5.13 Å². The molecule has 0 amide bonds. The van der Waals surface area contributed by atoms with Crippen molar-refractivity contribution in [1.82, 2.24) is 19.3 Å². The molecule has 0 spiro atoms. The number of hydrogen-bond donors (Lipinski definition) is 1. The van der Waals surface area contributed by atoms with Crippen LogP contribution in [0.2, 0.25) is 0 Å². The molecule has 30 heavy (non-hydrogen) atoms. The lowest BCUT2D eigenvalue weighted by molar-refractivity contribution is 0.264. The van der Waals surface area contributed by atoms with Gasteiger partial charge in [-0.2, -0.15) is 4.31 Å². The van der Waals surface area contributed by atoms with Gasteiger partial charge in [-0.3, -0.25) is 0 Å². The van der Waals surface area contributed by atoms with Gasteiger partial charge in [-0.05, 0) is 51.2 Å². The molecule has 4 rings (SSSR count). The molecule has 0 radical (unpaired) electrons. The SMILES string of the molecule is Cc1nc(C[C@@H]2CCCN(S(=O)(=O)c3ccccc3)C2)cc(Nc2ncc(C)s2)n1. The average Bonchev–Trinajstić information content (AvgIpc) is 3.13. The van der Waals surface area contributed by atoms with Crippen LogP contribution >= 0.6 is 11.3 Å². The van der Waals surface area contributed by atoms with Crippen molar-refractivity contribution in [2.24, 2.45) is 5.92 Å². The van der Waals surface area contributed by atoms with Crippen LogP contribution in [0.3, 0.4) is 0 Å². The fraction of sp³-hybridized carbons (Fsp3) is 0.381. The Hall–Kier alpha value is -2.36. The molecule has 1 aliphatic heterocycles. The number of thiazole rings is 1. The van der Waals surface area contributed by atoms with Crippen LogP contribution in [0.15, 0.2) is 47.5 Å². The smallest absolute Gasteiger partial charge is 0.243 e. The van der Waals surface area contributed by atoms with Gasteiger partial charge in [0.25, 0.3) is 0 Å². The largest absolute Gasteiger partial charge is 0.316 e. The Balaban J connectivity index is 1.47. The molecular formula is C21H25N5O2S2. The molecule has 1 N–H and O–H groups in total. The standard InChI is InChI=1S/C21H25N5O2S2/c1-15-13-22-21(29-15)25-20-12-18(23-16(2)24-20)11-17-7-6-10-26(14-17)30(27,28)19-8-4-3-5-9-19/h3-5,8-9,12-13,17H,6-7,10-11,14H2,1-2H3,(H,22,23,24,25)/t17-/m0/s1. The van der Waals surface area contributed by atoms with Crippen molar-refractivity contribution in [1.29, 1.82) is 0 Å². The number of hydrogen-bond acceptors (Lipinski definition) is 7. The second-order valence-electron chi connectivity index (χ2n) is 7.58. The fourth-order valence-electron chi connectivity index (χ4n) is 3.77. The molecule has 1 aromatic carbocycles. The summed E-state index contributed by atoms with van der Waals surface area (Å²) in [5, 5.41) is 4.05. The third kappa shape index (κ3) is 4.85. The van der Waals surface area contributed by atoms with Crippen LogP contribution in [0, 0.1) is 19.8 Å². The number of piperidine rings is 1. The Morgan fingerprint density at radius 3 is 2.73 bits per heavy atom. The Bertz CT molecular complexity index is 1120. The van der Waals surface area contributed by atoms with Gasteiger partial charge in [0.1, 0.15) is 11.6 Å². The highest BCUT2D eigenvalue weighted by atomic mass is 32.2. The highest BCUT2D eigenvalue weighted by Gasteiger charge is 2.30. The molecule has 0 bridgehead atoms. The monoisotopic (exact) mass is 443 g/mol. The van der Waals surface area contributed by atoms with E-state index >= 15 is 0 Å². The van der Waals surface area contributed by atoms with Gasteiger partial charge in [0, 0.05) is 35.9 Å². The molecule has 1 saturated heterocycles. The van der Waals surface area contributed by atoms with Crippen molar-refractivity contribution in [2.45, 2.75) is 38.0 Å². The number of benzene rings is 1. The number of anilines is 2. The van der Waals surface area contributed by atoms with Gasteiger partial charge in [-0.15, -0.1) is 11.3 Å². The summed E-state index contributed by atoms with van der Waals surface area (Å²) in [6.07, 6.45) is 4.38. The van der Waals surface area contributed by atoms with Crippen molar-refractivity contribution in [2.75, 3.05) is 18.4 Å². The average molecular weight is 444 g/mol. The van der Waals surface area contributed by atoms with E-state index in [-0.39, 0.29) is 5.92 Å². The van der Waals surface area contributed by atoms with E-state index in [0.29, 0.717) is 23.8 Å². The van der Waals surface area contributed by atoms with Crippen molar-refractivity contribution < 1.29 is 8.42 Å². The maximum absolute atomic E-state index is 13.0. The van der Waals surface area contributed by atoms with Crippen molar-refractivity contribution >= 4 is 32.3 Å². The van der Waals surface area contributed by atoms with Gasteiger partial charge in [0.2, 0.25) is 10.0 Å². The van der Waals surface area contributed by atoms with Gasteiger partial charge < -0.3 is 5.32 Å². The van der Waals surface area contributed by atoms with Crippen LogP contribution in [0.25, 0.3) is 0 Å². The zero-order chi connectivity index (χ0) is 21.1. The van der Waals surface area contributed by atoms with E-state index in [2.05, 4.69) is 20.3 Å². The van der Waals surface area contributed by atoms with E-state index in [9.17, 15) is 8.42 Å². The summed E-state index contributed by atoms with van der Waals surface area (Å²) in [7, 11) is -3.46. The molecule has 158 valence electrons. The molecular weight excluding hydrogens is 418 g/mol. The van der Waals surface area contributed by atoms with Crippen LogP contribution in [0.5, 0.6) is 0 Å². The van der Waals surface area contributed by atoms with Crippen LogP contribution < -0.4 is 5.32 Å². The third-order valence-electron chi connectivity index (χ3n) is 5.11. The van der Waals surface area contributed by atoms with E-state index in [1.807, 2.05) is 32.2 Å². The molecule has 0 aliphatic carbocycles. The Morgan fingerprint density at radius 2 is 2.00 bits per heavy atom. The first-order valence-corrected chi connectivity index (χ1v) is 12.2. The normalized spacial score (nSPS) is 17.7. The Kier molecular flexibility index (Phi) is 6.12. The summed E-state index contributed by atoms with van der Waals surface area (Å²) in [4.78, 5) is 14.9. The second-order valence-corrected chi connectivity index (χ2v) is 10.8. The fourth-order valence-corrected chi connectivity index (χ4v) is 6.02. The van der Waals surface area contributed by atoms with Gasteiger partial charge in [0.05, 0.1) is 4.90 Å². The van der Waals surface area contributed by atoms with Crippen molar-refractivity contribution in [3.8, 4) is 0 Å². The zero-order valence-electron chi connectivity index (χ0n) is 17.1. The molecule has 1 aliphatic rings. The topological polar surface area (TPSA) is 88.1 Å². The minimum Gasteiger partial charge on any atom is -0.316 e. The lowest BCUT2D eigenvalue weighted by atomic mass is 9.94. The van der Waals surface area contributed by atoms with Gasteiger partial charge in [-0.1, -0.05) is 18.2 Å². The van der Waals surface area contributed by atoms with Gasteiger partial charge >= 0.3 is 0 Å². The predicted octanol–water partition coefficient (Wildman–Crippen LogP) is 3.94. The number of aromatic nitrogens is 3. The van der Waals surface area contributed by atoms with E-state index in [0.717, 1.165) is 40.8 Å². The van der Waals surface area contributed by atoms with Crippen LogP contribution in [0.4, 0.5) is 10.9 Å². The summed E-state index contributed by atoms with van der Waals surface area (Å²) < 4.78 is 27.6. The maximum atomic E-state index is 13.0. The zero-order valence-corrected chi connectivity index (χ0v) is 18.7. The maximum Gasteiger partial charge on any atom is 0.243 e. The minimum absolute atomic E-state index is 0.224. The van der Waals surface area contributed by atoms with E-state index in [1.54, 1.807) is 39.9 Å². The summed E-state index contributed by atoms with van der Waals surface area (Å²) in [6, 6.07) is 10.6. The number of nitrogens with one attached hydrogen (secondary N) is 1. The quantitative estimate of drug-likeness (QED) is 0.621. The number of rotatable bonds is 6. The number of nitrogens with zero attached hydrogens (tertiary/aromatic N) is 4. The molecule has 1 fully saturated rings. The van der Waals surface area contributed by atoms with Crippen LogP contribution in [-0.2, 0) is 16.4 Å². The molecule has 0 saturated carbocycles. The Morgan fingerprint density at radius 1 is 1.20 bits per heavy atom. The van der Waals surface area contributed by atoms with E-state index < -0.39 is 10.0 Å². The summed E-state index contributed by atoms with van der Waals surface area (Å²) in [6.45, 7) is 4.95. The first kappa shape index (κ1) is 20.9. The first-order chi connectivity index (χ1) is 14.4. The summed E-state index contributed by atoms with van der Waals surface area (Å²) in [5.41, 5.74) is 0.919. The van der Waals surface area contributed by atoms with Crippen LogP contribution in [-0.4, -0.2) is 40.8 Å². The molecule has 9 heteroatoms. The second kappa shape index (κ2) is 8.79. The molecule has 7 nitrogen and oxygen atoms in total. The van der Waals surface area contributed by atoms with Crippen LogP contribution in [0.1, 0.15) is 29.2 Å². The lowest BCUT2D eigenvalue weighted by Gasteiger charge is -2.32. The highest BCUT2D eigenvalue weighted by molar-refractivity contribution is 7.89. The molecule has 2 aromatic heterocycles. The lowest BCUT2D eigenvalue weighted by Crippen LogP contribution is -2.40. The molecule has 1 atom stereocenters. The number of aryl methyl sites for hydroxylation is 2. The summed E-state index contributed by atoms with van der Waals surface area (Å²) in [5.74, 6) is 1.63. The van der Waals surface area contributed by atoms with E-state index in [1.165, 1.54) is 0 Å². The first-order valence-electron chi connectivity index (χ1n) is 9.99. The summed E-state index contributed by atoms with van der Waals surface area (Å²) >= 11 is 1.57. The predicted molar refractivity (Wildman–Crippen MR) is 119 cm³/mol. The number of sulfonamides is 1. The molecule has 3 heterocycles. The van der Waals surface area contributed by atoms with E-state index in [4.69, 9.17) is 0 Å².